The molecule has 114 valence electrons. The summed E-state index contributed by atoms with van der Waals surface area (Å²) in [6.45, 7) is 4.71. The van der Waals surface area contributed by atoms with Gasteiger partial charge in [0, 0.05) is 5.56 Å². The third-order valence-electron chi connectivity index (χ3n) is 2.54. The first-order valence-corrected chi connectivity index (χ1v) is 7.85. The highest BCUT2D eigenvalue weighted by molar-refractivity contribution is 7.89. The number of sulfonamides is 1. The molecule has 0 aliphatic carbocycles. The number of rotatable bonds is 6. The highest BCUT2D eigenvalue weighted by Gasteiger charge is 2.16. The van der Waals surface area contributed by atoms with E-state index in [1.807, 2.05) is 13.8 Å². The number of benzene rings is 1. The topological polar surface area (TPSA) is 120 Å². The van der Waals surface area contributed by atoms with Crippen molar-refractivity contribution in [3.05, 3.63) is 18.2 Å². The van der Waals surface area contributed by atoms with Crippen molar-refractivity contribution >= 4 is 10.0 Å². The Balaban J connectivity index is 2.40. The minimum absolute atomic E-state index is 0.211. The standard InChI is InChI=1S/C12H16N4O4S/c1-3-19-9-6-5-8(7-10(9)20-4-2)11-14-12(16-15-11)21(13,17)18/h5-7H,3-4H2,1-2H3,(H2,13,17,18)(H,14,15,16). The number of hydrogen-bond acceptors (Lipinski definition) is 6. The SMILES string of the molecule is CCOc1ccc(-c2n[nH]c(S(N)(=O)=O)n2)cc1OCC. The Morgan fingerprint density at radius 2 is 1.86 bits per heavy atom. The Hall–Kier alpha value is -2.13. The van der Waals surface area contributed by atoms with Crippen LogP contribution in [-0.2, 0) is 10.0 Å². The molecular weight excluding hydrogens is 296 g/mol. The third-order valence-corrected chi connectivity index (χ3v) is 3.26. The van der Waals surface area contributed by atoms with Crippen LogP contribution in [0.15, 0.2) is 23.4 Å². The highest BCUT2D eigenvalue weighted by atomic mass is 32.2. The predicted octanol–water partition coefficient (Wildman–Crippen LogP) is 0.916. The summed E-state index contributed by atoms with van der Waals surface area (Å²) in [4.78, 5) is 3.85. The number of nitrogens with two attached hydrogens (primary N) is 1. The maximum Gasteiger partial charge on any atom is 0.273 e. The molecule has 0 unspecified atom stereocenters. The molecule has 0 spiro atoms. The first-order valence-electron chi connectivity index (χ1n) is 6.31. The summed E-state index contributed by atoms with van der Waals surface area (Å²) in [5, 5.41) is 10.7. The molecule has 8 nitrogen and oxygen atoms in total. The number of H-pyrrole nitrogens is 1. The van der Waals surface area contributed by atoms with Crippen LogP contribution in [0, 0.1) is 0 Å². The van der Waals surface area contributed by atoms with E-state index in [-0.39, 0.29) is 11.0 Å². The van der Waals surface area contributed by atoms with Crippen LogP contribution in [0.25, 0.3) is 11.4 Å². The molecule has 1 heterocycles. The molecule has 0 saturated carbocycles. The molecule has 0 aliphatic rings. The quantitative estimate of drug-likeness (QED) is 0.818. The minimum Gasteiger partial charge on any atom is -0.490 e. The van der Waals surface area contributed by atoms with Crippen LogP contribution in [-0.4, -0.2) is 36.8 Å². The van der Waals surface area contributed by atoms with Gasteiger partial charge >= 0.3 is 0 Å². The van der Waals surface area contributed by atoms with Crippen LogP contribution in [0.5, 0.6) is 11.5 Å². The lowest BCUT2D eigenvalue weighted by Gasteiger charge is -2.11. The van der Waals surface area contributed by atoms with Crippen molar-refractivity contribution in [1.29, 1.82) is 0 Å². The van der Waals surface area contributed by atoms with E-state index in [1.165, 1.54) is 0 Å². The van der Waals surface area contributed by atoms with Gasteiger partial charge < -0.3 is 9.47 Å². The number of primary sulfonamides is 1. The van der Waals surface area contributed by atoms with Crippen LogP contribution in [0.3, 0.4) is 0 Å². The smallest absolute Gasteiger partial charge is 0.273 e. The third kappa shape index (κ3) is 3.50. The van der Waals surface area contributed by atoms with E-state index in [4.69, 9.17) is 14.6 Å². The number of nitrogens with zero attached hydrogens (tertiary/aromatic N) is 2. The van der Waals surface area contributed by atoms with Crippen LogP contribution in [0.2, 0.25) is 0 Å². The van der Waals surface area contributed by atoms with Crippen molar-refractivity contribution in [1.82, 2.24) is 15.2 Å². The summed E-state index contributed by atoms with van der Waals surface area (Å²) in [7, 11) is -3.91. The zero-order valence-corrected chi connectivity index (χ0v) is 12.5. The molecule has 1 aromatic heterocycles. The summed E-state index contributed by atoms with van der Waals surface area (Å²) in [6, 6.07) is 5.12. The zero-order valence-electron chi connectivity index (χ0n) is 11.7. The van der Waals surface area contributed by atoms with Gasteiger partial charge in [0.05, 0.1) is 13.2 Å². The highest BCUT2D eigenvalue weighted by Crippen LogP contribution is 2.31. The van der Waals surface area contributed by atoms with E-state index in [1.54, 1.807) is 18.2 Å². The van der Waals surface area contributed by atoms with Crippen LogP contribution in [0.1, 0.15) is 13.8 Å². The fourth-order valence-corrected chi connectivity index (χ4v) is 2.08. The van der Waals surface area contributed by atoms with E-state index in [0.29, 0.717) is 30.3 Å². The van der Waals surface area contributed by atoms with Gasteiger partial charge in [-0.2, -0.15) is 10.1 Å². The molecule has 21 heavy (non-hydrogen) atoms. The van der Waals surface area contributed by atoms with Crippen molar-refractivity contribution in [2.45, 2.75) is 19.0 Å². The maximum atomic E-state index is 11.2. The Morgan fingerprint density at radius 1 is 1.19 bits per heavy atom. The number of aromatic nitrogens is 3. The molecule has 0 atom stereocenters. The van der Waals surface area contributed by atoms with Gasteiger partial charge in [-0.3, -0.25) is 0 Å². The van der Waals surface area contributed by atoms with Crippen molar-refractivity contribution in [2.24, 2.45) is 5.14 Å². The summed E-state index contributed by atoms with van der Waals surface area (Å²) >= 11 is 0. The molecule has 9 heteroatoms. The van der Waals surface area contributed by atoms with Crippen molar-refractivity contribution in [3.63, 3.8) is 0 Å². The van der Waals surface area contributed by atoms with Gasteiger partial charge in [-0.25, -0.2) is 18.7 Å². The molecule has 0 amide bonds. The second-order valence-corrected chi connectivity index (χ2v) is 5.51. The van der Waals surface area contributed by atoms with Crippen LogP contribution in [0.4, 0.5) is 0 Å². The van der Waals surface area contributed by atoms with E-state index in [0.717, 1.165) is 0 Å². The van der Waals surface area contributed by atoms with Crippen molar-refractivity contribution in [2.75, 3.05) is 13.2 Å². The second-order valence-electron chi connectivity index (χ2n) is 4.04. The van der Waals surface area contributed by atoms with E-state index >= 15 is 0 Å². The molecule has 0 radical (unpaired) electrons. The second kappa shape index (κ2) is 6.10. The summed E-state index contributed by atoms with van der Waals surface area (Å²) in [6.07, 6.45) is 0. The predicted molar refractivity (Wildman–Crippen MR) is 75.5 cm³/mol. The lowest BCUT2D eigenvalue weighted by Crippen LogP contribution is -2.13. The first-order chi connectivity index (χ1) is 9.95. The first kappa shape index (κ1) is 15.3. The van der Waals surface area contributed by atoms with Gasteiger partial charge in [0.2, 0.25) is 0 Å². The fourth-order valence-electron chi connectivity index (χ4n) is 1.69. The molecule has 2 rings (SSSR count). The molecule has 0 bridgehead atoms. The Kier molecular flexibility index (Phi) is 4.43. The number of aromatic amines is 1. The van der Waals surface area contributed by atoms with Gasteiger partial charge in [-0.1, -0.05) is 0 Å². The number of hydrogen-bond donors (Lipinski definition) is 2. The zero-order chi connectivity index (χ0) is 15.5. The van der Waals surface area contributed by atoms with E-state index in [2.05, 4.69) is 15.2 Å². The lowest BCUT2D eigenvalue weighted by atomic mass is 10.2. The van der Waals surface area contributed by atoms with Gasteiger partial charge in [0.25, 0.3) is 15.2 Å². The molecule has 0 aliphatic heterocycles. The monoisotopic (exact) mass is 312 g/mol. The summed E-state index contributed by atoms with van der Waals surface area (Å²) in [5.74, 6) is 1.35. The fraction of sp³-hybridized carbons (Fsp3) is 0.333. The maximum absolute atomic E-state index is 11.2. The molecule has 3 N–H and O–H groups in total. The van der Waals surface area contributed by atoms with Gasteiger partial charge in [-0.15, -0.1) is 0 Å². The lowest BCUT2D eigenvalue weighted by molar-refractivity contribution is 0.288. The number of nitrogens with one attached hydrogen (secondary N) is 1. The molecule has 0 saturated heterocycles. The largest absolute Gasteiger partial charge is 0.490 e. The molecule has 2 aromatic rings. The summed E-state index contributed by atoms with van der Waals surface area (Å²) in [5.41, 5.74) is 0.591. The normalized spacial score (nSPS) is 11.4. The van der Waals surface area contributed by atoms with Crippen molar-refractivity contribution < 1.29 is 17.9 Å². The van der Waals surface area contributed by atoms with Crippen LogP contribution >= 0.6 is 0 Å². The Labute approximate surface area is 122 Å². The molecule has 1 aromatic carbocycles. The average molecular weight is 312 g/mol. The van der Waals surface area contributed by atoms with Gasteiger partial charge in [0.15, 0.2) is 17.3 Å². The van der Waals surface area contributed by atoms with E-state index < -0.39 is 10.0 Å². The summed E-state index contributed by atoms with van der Waals surface area (Å²) < 4.78 is 33.3. The van der Waals surface area contributed by atoms with Crippen molar-refractivity contribution in [3.8, 4) is 22.9 Å². The van der Waals surface area contributed by atoms with Gasteiger partial charge in [-0.05, 0) is 32.0 Å². The average Bonchev–Trinajstić information content (AvgIpc) is 2.91. The molecular formula is C12H16N4O4S. The molecule has 0 fully saturated rings. The Morgan fingerprint density at radius 3 is 2.43 bits per heavy atom. The van der Waals surface area contributed by atoms with Gasteiger partial charge in [0.1, 0.15) is 0 Å². The minimum atomic E-state index is -3.91. The van der Waals surface area contributed by atoms with E-state index in [9.17, 15) is 8.42 Å². The van der Waals surface area contributed by atoms with Crippen LogP contribution < -0.4 is 14.6 Å². The number of ether oxygens (including phenoxy) is 2. The Bertz CT molecular complexity index is 727.